The van der Waals surface area contributed by atoms with E-state index in [0.29, 0.717) is 0 Å². The molecular weight excluding hydrogens is 128 g/mol. The van der Waals surface area contributed by atoms with E-state index in [9.17, 15) is 4.79 Å². The molecule has 0 aromatic carbocycles. The van der Waals surface area contributed by atoms with Crippen molar-refractivity contribution in [3.05, 3.63) is 0 Å². The van der Waals surface area contributed by atoms with Gasteiger partial charge in [-0.25, -0.2) is 0 Å². The summed E-state index contributed by atoms with van der Waals surface area (Å²) in [4.78, 5) is 10.4. The highest BCUT2D eigenvalue weighted by molar-refractivity contribution is 5.66. The Hall–Kier alpha value is -0.970. The molecule has 56 valence electrons. The quantitative estimate of drug-likeness (QED) is 0.425. The van der Waals surface area contributed by atoms with Gasteiger partial charge in [-0.05, 0) is 0 Å². The summed E-state index contributed by atoms with van der Waals surface area (Å²) in [6.07, 6.45) is 4.72. The van der Waals surface area contributed by atoms with Gasteiger partial charge >= 0.3 is 5.97 Å². The van der Waals surface area contributed by atoms with Gasteiger partial charge in [0, 0.05) is 12.8 Å². The van der Waals surface area contributed by atoms with Crippen molar-refractivity contribution in [3.63, 3.8) is 0 Å². The van der Waals surface area contributed by atoms with Crippen LogP contribution >= 0.6 is 0 Å². The Labute approximate surface area is 61.6 Å². The van der Waals surface area contributed by atoms with E-state index < -0.39 is 0 Å². The number of hydrogen-bond donors (Lipinski definition) is 0. The molecule has 0 saturated heterocycles. The lowest BCUT2D eigenvalue weighted by Crippen LogP contribution is -2.19. The van der Waals surface area contributed by atoms with E-state index in [-0.39, 0.29) is 18.0 Å². The number of carbonyl (C=O) groups is 1. The van der Waals surface area contributed by atoms with E-state index in [1.807, 2.05) is 13.8 Å². The molecule has 0 rings (SSSR count). The molecule has 0 aliphatic heterocycles. The highest BCUT2D eigenvalue weighted by Gasteiger charge is 2.11. The first-order chi connectivity index (χ1) is 4.57. The maximum Gasteiger partial charge on any atom is 0.303 e. The predicted molar refractivity (Wildman–Crippen MR) is 39.2 cm³/mol. The third kappa shape index (κ3) is 3.13. The van der Waals surface area contributed by atoms with Gasteiger partial charge in [0.05, 0.1) is 0 Å². The summed E-state index contributed by atoms with van der Waals surface area (Å²) < 4.78 is 4.79. The first kappa shape index (κ1) is 9.03. The van der Waals surface area contributed by atoms with Gasteiger partial charge in [0.2, 0.25) is 0 Å². The second-order valence-corrected chi connectivity index (χ2v) is 2.44. The Morgan fingerprint density at radius 3 is 2.20 bits per heavy atom. The molecule has 0 unspecified atom stereocenters. The second kappa shape index (κ2) is 3.94. The van der Waals surface area contributed by atoms with Crippen molar-refractivity contribution < 1.29 is 9.53 Å². The van der Waals surface area contributed by atoms with Crippen LogP contribution in [0.2, 0.25) is 0 Å². The van der Waals surface area contributed by atoms with Crippen molar-refractivity contribution in [2.45, 2.75) is 26.9 Å². The minimum Gasteiger partial charge on any atom is -0.449 e. The predicted octanol–water partition coefficient (Wildman–Crippen LogP) is 1.21. The van der Waals surface area contributed by atoms with Gasteiger partial charge in [0.15, 0.2) is 6.10 Å². The fourth-order valence-corrected chi connectivity index (χ4v) is 0.541. The standard InChI is InChI=1S/C8H12O2/c1-5-8(6(2)3)10-7(4)9/h1,6,8H,2-4H3/t8-/m1/s1. The maximum absolute atomic E-state index is 10.4. The van der Waals surface area contributed by atoms with E-state index in [1.165, 1.54) is 6.92 Å². The van der Waals surface area contributed by atoms with Crippen molar-refractivity contribution in [3.8, 4) is 12.3 Å². The fourth-order valence-electron chi connectivity index (χ4n) is 0.541. The summed E-state index contributed by atoms with van der Waals surface area (Å²) in [6.45, 7) is 5.17. The van der Waals surface area contributed by atoms with Crippen LogP contribution in [0.25, 0.3) is 0 Å². The SMILES string of the molecule is C#C[C@@H](OC(C)=O)C(C)C. The van der Waals surface area contributed by atoms with Gasteiger partial charge in [-0.1, -0.05) is 19.8 Å². The van der Waals surface area contributed by atoms with Crippen LogP contribution in [0.5, 0.6) is 0 Å². The van der Waals surface area contributed by atoms with E-state index >= 15 is 0 Å². The van der Waals surface area contributed by atoms with Crippen LogP contribution in [0.1, 0.15) is 20.8 Å². The largest absolute Gasteiger partial charge is 0.449 e. The number of carbonyl (C=O) groups excluding carboxylic acids is 1. The zero-order valence-electron chi connectivity index (χ0n) is 6.55. The van der Waals surface area contributed by atoms with E-state index in [2.05, 4.69) is 5.92 Å². The molecule has 0 heterocycles. The molecule has 2 nitrogen and oxygen atoms in total. The van der Waals surface area contributed by atoms with Crippen molar-refractivity contribution >= 4 is 5.97 Å². The molecule has 0 radical (unpaired) electrons. The van der Waals surface area contributed by atoms with Gasteiger partial charge < -0.3 is 4.74 Å². The summed E-state index contributed by atoms with van der Waals surface area (Å²) in [6, 6.07) is 0. The Morgan fingerprint density at radius 2 is 2.10 bits per heavy atom. The van der Waals surface area contributed by atoms with Crippen molar-refractivity contribution in [2.24, 2.45) is 5.92 Å². The second-order valence-electron chi connectivity index (χ2n) is 2.44. The van der Waals surface area contributed by atoms with Crippen LogP contribution in [0.3, 0.4) is 0 Å². The average Bonchev–Trinajstić information content (AvgIpc) is 1.81. The number of rotatable bonds is 2. The van der Waals surface area contributed by atoms with Crippen molar-refractivity contribution in [1.29, 1.82) is 0 Å². The lowest BCUT2D eigenvalue weighted by Gasteiger charge is -2.13. The fraction of sp³-hybridized carbons (Fsp3) is 0.625. The van der Waals surface area contributed by atoms with Crippen LogP contribution < -0.4 is 0 Å². The first-order valence-corrected chi connectivity index (χ1v) is 3.21. The molecule has 0 aliphatic carbocycles. The topological polar surface area (TPSA) is 26.3 Å². The number of hydrogen-bond acceptors (Lipinski definition) is 2. The number of terminal acetylenes is 1. The molecule has 0 bridgehead atoms. The van der Waals surface area contributed by atoms with Crippen LogP contribution in [0, 0.1) is 18.3 Å². The highest BCUT2D eigenvalue weighted by Crippen LogP contribution is 2.04. The molecular formula is C8H12O2. The molecule has 2 heteroatoms. The number of ether oxygens (including phenoxy) is 1. The zero-order chi connectivity index (χ0) is 8.15. The normalized spacial score (nSPS) is 12.3. The Kier molecular flexibility index (Phi) is 3.56. The summed E-state index contributed by atoms with van der Waals surface area (Å²) in [7, 11) is 0. The molecule has 1 atom stereocenters. The monoisotopic (exact) mass is 140 g/mol. The summed E-state index contributed by atoms with van der Waals surface area (Å²) in [5.41, 5.74) is 0. The Bertz CT molecular complexity index is 153. The number of esters is 1. The molecule has 0 aromatic rings. The van der Waals surface area contributed by atoms with Gasteiger partial charge in [-0.15, -0.1) is 6.42 Å². The Balaban J connectivity index is 3.87. The molecule has 0 fully saturated rings. The molecule has 0 aromatic heterocycles. The zero-order valence-corrected chi connectivity index (χ0v) is 6.55. The molecule has 0 amide bonds. The van der Waals surface area contributed by atoms with Gasteiger partial charge in [-0.3, -0.25) is 4.79 Å². The summed E-state index contributed by atoms with van der Waals surface area (Å²) in [5, 5.41) is 0. The molecule has 0 N–H and O–H groups in total. The highest BCUT2D eigenvalue weighted by atomic mass is 16.5. The minimum absolute atomic E-state index is 0.189. The van der Waals surface area contributed by atoms with Crippen molar-refractivity contribution in [2.75, 3.05) is 0 Å². The van der Waals surface area contributed by atoms with E-state index in [4.69, 9.17) is 11.2 Å². The van der Waals surface area contributed by atoms with E-state index in [0.717, 1.165) is 0 Å². The lowest BCUT2D eigenvalue weighted by atomic mass is 10.1. The van der Waals surface area contributed by atoms with Crippen LogP contribution in [-0.2, 0) is 9.53 Å². The smallest absolute Gasteiger partial charge is 0.303 e. The summed E-state index contributed by atoms with van der Waals surface area (Å²) >= 11 is 0. The van der Waals surface area contributed by atoms with Crippen LogP contribution in [0.15, 0.2) is 0 Å². The third-order valence-corrected chi connectivity index (χ3v) is 1.06. The van der Waals surface area contributed by atoms with Gasteiger partial charge in [0.1, 0.15) is 0 Å². The van der Waals surface area contributed by atoms with Crippen molar-refractivity contribution in [1.82, 2.24) is 0 Å². The minimum atomic E-state index is -0.377. The van der Waals surface area contributed by atoms with Gasteiger partial charge in [0.25, 0.3) is 0 Å². The van der Waals surface area contributed by atoms with Gasteiger partial charge in [-0.2, -0.15) is 0 Å². The maximum atomic E-state index is 10.4. The average molecular weight is 140 g/mol. The summed E-state index contributed by atoms with van der Waals surface area (Å²) in [5.74, 6) is 2.26. The molecule has 0 saturated carbocycles. The molecule has 0 spiro atoms. The Morgan fingerprint density at radius 1 is 1.60 bits per heavy atom. The van der Waals surface area contributed by atoms with E-state index in [1.54, 1.807) is 0 Å². The van der Waals surface area contributed by atoms with Crippen LogP contribution in [0.4, 0.5) is 0 Å². The first-order valence-electron chi connectivity index (χ1n) is 3.21. The molecule has 0 aliphatic rings. The molecule has 10 heavy (non-hydrogen) atoms. The third-order valence-electron chi connectivity index (χ3n) is 1.06. The van der Waals surface area contributed by atoms with Crippen LogP contribution in [-0.4, -0.2) is 12.1 Å². The lowest BCUT2D eigenvalue weighted by molar-refractivity contribution is -0.145.